The maximum absolute atomic E-state index is 12.3. The van der Waals surface area contributed by atoms with Crippen molar-refractivity contribution in [1.29, 1.82) is 0 Å². The Bertz CT molecular complexity index is 480. The Labute approximate surface area is 118 Å². The first-order valence-corrected chi connectivity index (χ1v) is 8.01. The minimum atomic E-state index is -3.72. The van der Waals surface area contributed by atoms with Crippen LogP contribution in [0.25, 0.3) is 0 Å². The zero-order valence-electron chi connectivity index (χ0n) is 12.0. The fourth-order valence-corrected chi connectivity index (χ4v) is 4.41. The minimum Gasteiger partial charge on any atom is -0.480 e. The third kappa shape index (κ3) is 4.45. The van der Waals surface area contributed by atoms with E-state index in [1.165, 1.54) is 7.11 Å². The number of ether oxygens (including phenoxy) is 1. The molecule has 116 valence electrons. The van der Waals surface area contributed by atoms with E-state index < -0.39 is 40.0 Å². The highest BCUT2D eigenvalue weighted by atomic mass is 32.2. The van der Waals surface area contributed by atoms with Gasteiger partial charge in [-0.25, -0.2) is 8.42 Å². The molecule has 8 heteroatoms. The Kier molecular flexibility index (Phi) is 5.15. The van der Waals surface area contributed by atoms with Crippen molar-refractivity contribution < 1.29 is 27.9 Å². The summed E-state index contributed by atoms with van der Waals surface area (Å²) < 4.78 is 30.2. The molecule has 0 aromatic heterocycles. The van der Waals surface area contributed by atoms with E-state index >= 15 is 0 Å². The molecular weight excluding hydrogens is 286 g/mol. The van der Waals surface area contributed by atoms with Crippen LogP contribution in [0.2, 0.25) is 0 Å². The number of rotatable bonds is 8. The number of carbonyl (C=O) groups is 2. The smallest absolute Gasteiger partial charge is 0.318 e. The van der Waals surface area contributed by atoms with Gasteiger partial charge in [0.1, 0.15) is 6.54 Å². The summed E-state index contributed by atoms with van der Waals surface area (Å²) in [6, 6.07) is -0.440. The van der Waals surface area contributed by atoms with E-state index in [2.05, 4.69) is 4.74 Å². The summed E-state index contributed by atoms with van der Waals surface area (Å²) in [5.41, 5.74) is -0.586. The fraction of sp³-hybridized carbons (Fsp3) is 0.833. The van der Waals surface area contributed by atoms with Crippen molar-refractivity contribution in [3.05, 3.63) is 0 Å². The molecule has 0 amide bonds. The molecule has 0 bridgehead atoms. The summed E-state index contributed by atoms with van der Waals surface area (Å²) in [4.78, 5) is 22.1. The summed E-state index contributed by atoms with van der Waals surface area (Å²) >= 11 is 0. The maximum Gasteiger partial charge on any atom is 0.318 e. The highest BCUT2D eigenvalue weighted by molar-refractivity contribution is 7.89. The van der Waals surface area contributed by atoms with Crippen LogP contribution in [-0.4, -0.2) is 55.2 Å². The molecule has 0 aromatic rings. The highest BCUT2D eigenvalue weighted by Crippen LogP contribution is 2.50. The molecule has 0 saturated heterocycles. The number of nitrogens with zero attached hydrogens (tertiary/aromatic N) is 1. The van der Waals surface area contributed by atoms with Gasteiger partial charge in [-0.15, -0.1) is 0 Å². The molecule has 1 rings (SSSR count). The van der Waals surface area contributed by atoms with Crippen LogP contribution in [0.15, 0.2) is 0 Å². The van der Waals surface area contributed by atoms with E-state index in [1.807, 2.05) is 0 Å². The zero-order chi connectivity index (χ0) is 15.6. The van der Waals surface area contributed by atoms with E-state index in [4.69, 9.17) is 5.11 Å². The third-order valence-electron chi connectivity index (χ3n) is 3.42. The zero-order valence-corrected chi connectivity index (χ0v) is 12.8. The van der Waals surface area contributed by atoms with Crippen molar-refractivity contribution in [2.75, 3.05) is 19.4 Å². The lowest BCUT2D eigenvalue weighted by Crippen LogP contribution is -2.43. The molecule has 0 unspecified atom stereocenters. The van der Waals surface area contributed by atoms with Crippen LogP contribution in [0.4, 0.5) is 0 Å². The van der Waals surface area contributed by atoms with E-state index in [0.29, 0.717) is 12.8 Å². The van der Waals surface area contributed by atoms with Crippen molar-refractivity contribution >= 4 is 22.0 Å². The molecule has 0 atom stereocenters. The molecule has 0 aliphatic heterocycles. The van der Waals surface area contributed by atoms with Gasteiger partial charge in [-0.3, -0.25) is 9.59 Å². The molecule has 1 aliphatic carbocycles. The van der Waals surface area contributed by atoms with Gasteiger partial charge in [0, 0.05) is 6.04 Å². The van der Waals surface area contributed by atoms with Gasteiger partial charge in [0.05, 0.1) is 19.3 Å². The summed E-state index contributed by atoms with van der Waals surface area (Å²) in [5, 5.41) is 8.81. The Morgan fingerprint density at radius 3 is 2.25 bits per heavy atom. The van der Waals surface area contributed by atoms with Gasteiger partial charge in [0.25, 0.3) is 0 Å². The molecule has 1 N–H and O–H groups in total. The van der Waals surface area contributed by atoms with Crippen molar-refractivity contribution in [3.63, 3.8) is 0 Å². The van der Waals surface area contributed by atoms with Crippen LogP contribution < -0.4 is 0 Å². The number of carbonyl (C=O) groups excluding carboxylic acids is 1. The number of aliphatic carboxylic acids is 1. The first kappa shape index (κ1) is 16.9. The predicted octanol–water partition coefficient (Wildman–Crippen LogP) is 0.454. The lowest BCUT2D eigenvalue weighted by Gasteiger charge is -2.26. The van der Waals surface area contributed by atoms with Crippen molar-refractivity contribution in [2.45, 2.75) is 39.2 Å². The summed E-state index contributed by atoms with van der Waals surface area (Å²) in [6.07, 6.45) is 1.34. The number of carboxylic acid groups (broad SMARTS) is 1. The number of sulfonamides is 1. The molecule has 20 heavy (non-hydrogen) atoms. The Hall–Kier alpha value is -1.15. The summed E-state index contributed by atoms with van der Waals surface area (Å²) in [7, 11) is -2.46. The Balaban J connectivity index is 2.82. The molecule has 1 aliphatic rings. The van der Waals surface area contributed by atoms with Crippen LogP contribution in [0, 0.1) is 5.41 Å². The van der Waals surface area contributed by atoms with Gasteiger partial charge in [-0.05, 0) is 32.1 Å². The normalized spacial score (nSPS) is 17.2. The van der Waals surface area contributed by atoms with Crippen LogP contribution in [0.1, 0.15) is 33.1 Å². The van der Waals surface area contributed by atoms with E-state index in [-0.39, 0.29) is 12.2 Å². The Morgan fingerprint density at radius 1 is 1.35 bits per heavy atom. The van der Waals surface area contributed by atoms with Gasteiger partial charge < -0.3 is 9.84 Å². The molecule has 7 nitrogen and oxygen atoms in total. The average molecular weight is 307 g/mol. The van der Waals surface area contributed by atoms with Crippen molar-refractivity contribution in [2.24, 2.45) is 5.41 Å². The van der Waals surface area contributed by atoms with Crippen LogP contribution in [-0.2, 0) is 24.3 Å². The molecule has 0 aromatic carbocycles. The van der Waals surface area contributed by atoms with Crippen molar-refractivity contribution in [3.8, 4) is 0 Å². The number of hydrogen-bond donors (Lipinski definition) is 1. The average Bonchev–Trinajstić information content (AvgIpc) is 3.03. The molecular formula is C12H21NO6S. The van der Waals surface area contributed by atoms with Crippen LogP contribution >= 0.6 is 0 Å². The summed E-state index contributed by atoms with van der Waals surface area (Å²) in [6.45, 7) is 2.69. The Morgan fingerprint density at radius 2 is 1.90 bits per heavy atom. The van der Waals surface area contributed by atoms with Gasteiger partial charge >= 0.3 is 11.9 Å². The number of esters is 1. The first-order chi connectivity index (χ1) is 9.12. The largest absolute Gasteiger partial charge is 0.480 e. The first-order valence-electron chi connectivity index (χ1n) is 6.40. The lowest BCUT2D eigenvalue weighted by molar-refractivity contribution is -0.142. The lowest BCUT2D eigenvalue weighted by atomic mass is 10.1. The quantitative estimate of drug-likeness (QED) is 0.654. The molecule has 1 saturated carbocycles. The SMILES string of the molecule is COC(=O)CC1(CS(=O)(=O)N(CC(=O)O)C(C)C)CC1. The number of hydrogen-bond acceptors (Lipinski definition) is 5. The predicted molar refractivity (Wildman–Crippen MR) is 71.6 cm³/mol. The second-order valence-electron chi connectivity index (χ2n) is 5.54. The van der Waals surface area contributed by atoms with Gasteiger partial charge in [-0.2, -0.15) is 4.31 Å². The minimum absolute atomic E-state index is 0.0573. The van der Waals surface area contributed by atoms with Gasteiger partial charge in [0.2, 0.25) is 10.0 Å². The van der Waals surface area contributed by atoms with Crippen LogP contribution in [0.5, 0.6) is 0 Å². The second kappa shape index (κ2) is 6.09. The van der Waals surface area contributed by atoms with E-state index in [1.54, 1.807) is 13.8 Å². The summed E-state index contributed by atoms with van der Waals surface area (Å²) in [5.74, 6) is -1.84. The third-order valence-corrected chi connectivity index (χ3v) is 5.66. The number of carboxylic acids is 1. The topological polar surface area (TPSA) is 101 Å². The fourth-order valence-electron chi connectivity index (χ4n) is 2.13. The van der Waals surface area contributed by atoms with Crippen molar-refractivity contribution in [1.82, 2.24) is 4.31 Å². The molecule has 0 spiro atoms. The molecule has 0 radical (unpaired) electrons. The maximum atomic E-state index is 12.3. The van der Waals surface area contributed by atoms with Crippen LogP contribution in [0.3, 0.4) is 0 Å². The molecule has 1 fully saturated rings. The van der Waals surface area contributed by atoms with Gasteiger partial charge in [-0.1, -0.05) is 0 Å². The molecule has 0 heterocycles. The van der Waals surface area contributed by atoms with E-state index in [9.17, 15) is 18.0 Å². The monoisotopic (exact) mass is 307 g/mol. The second-order valence-corrected chi connectivity index (χ2v) is 7.46. The standard InChI is InChI=1S/C12H21NO6S/c1-9(2)13(7-10(14)15)20(17,18)8-12(4-5-12)6-11(16)19-3/h9H,4-8H2,1-3H3,(H,14,15). The van der Waals surface area contributed by atoms with Gasteiger partial charge in [0.15, 0.2) is 0 Å². The van der Waals surface area contributed by atoms with E-state index in [0.717, 1.165) is 4.31 Å². The number of methoxy groups -OCH3 is 1. The highest BCUT2D eigenvalue weighted by Gasteiger charge is 2.49.